The molecule has 0 saturated carbocycles. The summed E-state index contributed by atoms with van der Waals surface area (Å²) >= 11 is 0. The van der Waals surface area contributed by atoms with Crippen LogP contribution in [0.3, 0.4) is 0 Å². The number of aryl methyl sites for hydroxylation is 2. The highest BCUT2D eigenvalue weighted by Crippen LogP contribution is 2.23. The van der Waals surface area contributed by atoms with E-state index in [-0.39, 0.29) is 5.56 Å². The van der Waals surface area contributed by atoms with Gasteiger partial charge >= 0.3 is 0 Å². The Balaban J connectivity index is 1.42. The molecule has 1 aliphatic heterocycles. The lowest BCUT2D eigenvalue weighted by Crippen LogP contribution is -2.48. The fourth-order valence-corrected chi connectivity index (χ4v) is 3.42. The summed E-state index contributed by atoms with van der Waals surface area (Å²) in [4.78, 5) is 30.0. The second kappa shape index (κ2) is 7.40. The fourth-order valence-electron chi connectivity index (χ4n) is 3.42. The van der Waals surface area contributed by atoms with Crippen LogP contribution < -0.4 is 10.5 Å². The third-order valence-corrected chi connectivity index (χ3v) is 4.86. The second-order valence-corrected chi connectivity index (χ2v) is 6.83. The molecule has 1 fully saturated rings. The van der Waals surface area contributed by atoms with Crippen molar-refractivity contribution in [1.82, 2.24) is 29.6 Å². The van der Waals surface area contributed by atoms with E-state index in [1.807, 2.05) is 26.0 Å². The maximum absolute atomic E-state index is 11.9. The van der Waals surface area contributed by atoms with Gasteiger partial charge in [-0.25, -0.2) is 19.6 Å². The third kappa shape index (κ3) is 3.80. The lowest BCUT2D eigenvalue weighted by atomic mass is 10.2. The molecule has 0 spiro atoms. The Bertz CT molecular complexity index is 1010. The maximum Gasteiger partial charge on any atom is 0.266 e. The standard InChI is InChI=1S/C19H23N7O/c1-14-5-6-17(27)26(23-14)13-10-24-8-11-25(12-9-24)19-16-4-3-7-20-18(16)21-15(2)22-19/h3-7H,8-13H2,1-2H3. The van der Waals surface area contributed by atoms with Gasteiger partial charge in [-0.15, -0.1) is 0 Å². The largest absolute Gasteiger partial charge is 0.353 e. The third-order valence-electron chi connectivity index (χ3n) is 4.86. The van der Waals surface area contributed by atoms with Crippen molar-refractivity contribution in [3.8, 4) is 0 Å². The molecule has 0 amide bonds. The average molecular weight is 365 g/mol. The Labute approximate surface area is 157 Å². The van der Waals surface area contributed by atoms with Gasteiger partial charge in [0, 0.05) is 45.0 Å². The van der Waals surface area contributed by atoms with Crippen molar-refractivity contribution in [1.29, 1.82) is 0 Å². The summed E-state index contributed by atoms with van der Waals surface area (Å²) in [6.45, 7) is 8.84. The van der Waals surface area contributed by atoms with E-state index in [1.165, 1.54) is 0 Å². The summed E-state index contributed by atoms with van der Waals surface area (Å²) in [5.41, 5.74) is 1.56. The molecule has 0 aliphatic carbocycles. The molecule has 27 heavy (non-hydrogen) atoms. The normalized spacial score (nSPS) is 15.4. The Hall–Kier alpha value is -2.87. The van der Waals surface area contributed by atoms with E-state index in [0.717, 1.165) is 61.1 Å². The van der Waals surface area contributed by atoms with E-state index in [1.54, 1.807) is 23.0 Å². The summed E-state index contributed by atoms with van der Waals surface area (Å²) in [7, 11) is 0. The van der Waals surface area contributed by atoms with Gasteiger partial charge in [-0.2, -0.15) is 5.10 Å². The van der Waals surface area contributed by atoms with Crippen LogP contribution in [-0.4, -0.2) is 62.4 Å². The van der Waals surface area contributed by atoms with Crippen molar-refractivity contribution in [2.75, 3.05) is 37.6 Å². The first-order chi connectivity index (χ1) is 13.1. The molecule has 8 heteroatoms. The molecule has 3 aromatic heterocycles. The van der Waals surface area contributed by atoms with Crippen LogP contribution in [0.4, 0.5) is 5.82 Å². The quantitative estimate of drug-likeness (QED) is 0.683. The maximum atomic E-state index is 11.9. The number of pyridine rings is 1. The predicted octanol–water partition coefficient (Wildman–Crippen LogP) is 1.02. The molecule has 0 bridgehead atoms. The van der Waals surface area contributed by atoms with E-state index in [0.29, 0.717) is 6.54 Å². The summed E-state index contributed by atoms with van der Waals surface area (Å²) in [5, 5.41) is 5.30. The zero-order valence-corrected chi connectivity index (χ0v) is 15.7. The van der Waals surface area contributed by atoms with Gasteiger partial charge in [0.25, 0.3) is 5.56 Å². The highest BCUT2D eigenvalue weighted by atomic mass is 16.1. The first kappa shape index (κ1) is 17.5. The molecule has 0 atom stereocenters. The molecule has 0 N–H and O–H groups in total. The summed E-state index contributed by atoms with van der Waals surface area (Å²) in [5.74, 6) is 1.70. The monoisotopic (exact) mass is 365 g/mol. The highest BCUT2D eigenvalue weighted by Gasteiger charge is 2.20. The van der Waals surface area contributed by atoms with Gasteiger partial charge in [-0.05, 0) is 32.0 Å². The number of anilines is 1. The van der Waals surface area contributed by atoms with E-state index >= 15 is 0 Å². The molecule has 4 heterocycles. The van der Waals surface area contributed by atoms with E-state index in [4.69, 9.17) is 0 Å². The number of rotatable bonds is 4. The lowest BCUT2D eigenvalue weighted by molar-refractivity contribution is 0.242. The van der Waals surface area contributed by atoms with Crippen LogP contribution in [0.25, 0.3) is 11.0 Å². The highest BCUT2D eigenvalue weighted by molar-refractivity contribution is 5.86. The minimum absolute atomic E-state index is 0.0466. The molecular formula is C19H23N7O. The van der Waals surface area contributed by atoms with Gasteiger partial charge < -0.3 is 4.90 Å². The Morgan fingerprint density at radius 3 is 2.63 bits per heavy atom. The Morgan fingerprint density at radius 1 is 1.00 bits per heavy atom. The Kier molecular flexibility index (Phi) is 4.81. The molecule has 0 aromatic carbocycles. The van der Waals surface area contributed by atoms with Crippen LogP contribution in [0.2, 0.25) is 0 Å². The molecule has 0 unspecified atom stereocenters. The van der Waals surface area contributed by atoms with Crippen molar-refractivity contribution >= 4 is 16.9 Å². The first-order valence-corrected chi connectivity index (χ1v) is 9.21. The van der Waals surface area contributed by atoms with Crippen molar-refractivity contribution in [2.45, 2.75) is 20.4 Å². The van der Waals surface area contributed by atoms with Gasteiger partial charge in [0.2, 0.25) is 0 Å². The molecule has 1 saturated heterocycles. The van der Waals surface area contributed by atoms with E-state index in [2.05, 4.69) is 29.9 Å². The van der Waals surface area contributed by atoms with Gasteiger partial charge in [-0.3, -0.25) is 9.69 Å². The van der Waals surface area contributed by atoms with Crippen molar-refractivity contribution in [2.24, 2.45) is 0 Å². The Morgan fingerprint density at radius 2 is 1.81 bits per heavy atom. The average Bonchev–Trinajstić information content (AvgIpc) is 2.68. The number of hydrogen-bond donors (Lipinski definition) is 0. The minimum Gasteiger partial charge on any atom is -0.353 e. The molecule has 8 nitrogen and oxygen atoms in total. The summed E-state index contributed by atoms with van der Waals surface area (Å²) in [6.07, 6.45) is 1.76. The number of fused-ring (bicyclic) bond motifs is 1. The van der Waals surface area contributed by atoms with Gasteiger partial charge in [0.15, 0.2) is 5.65 Å². The van der Waals surface area contributed by atoms with Crippen molar-refractivity contribution in [3.05, 3.63) is 52.3 Å². The van der Waals surface area contributed by atoms with Crippen LogP contribution in [0.5, 0.6) is 0 Å². The molecule has 140 valence electrons. The minimum atomic E-state index is -0.0466. The van der Waals surface area contributed by atoms with Crippen molar-refractivity contribution < 1.29 is 0 Å². The zero-order valence-electron chi connectivity index (χ0n) is 15.7. The summed E-state index contributed by atoms with van der Waals surface area (Å²) < 4.78 is 1.55. The van der Waals surface area contributed by atoms with Crippen LogP contribution in [0.1, 0.15) is 11.5 Å². The lowest BCUT2D eigenvalue weighted by Gasteiger charge is -2.35. The number of aromatic nitrogens is 5. The van der Waals surface area contributed by atoms with E-state index < -0.39 is 0 Å². The number of hydrogen-bond acceptors (Lipinski definition) is 7. The zero-order chi connectivity index (χ0) is 18.8. The topological polar surface area (TPSA) is 80.0 Å². The molecule has 0 radical (unpaired) electrons. The van der Waals surface area contributed by atoms with Gasteiger partial charge in [0.05, 0.1) is 17.6 Å². The van der Waals surface area contributed by atoms with Crippen LogP contribution in [0.15, 0.2) is 35.3 Å². The predicted molar refractivity (Wildman–Crippen MR) is 104 cm³/mol. The smallest absolute Gasteiger partial charge is 0.266 e. The SMILES string of the molecule is Cc1ccc(=O)n(CCN2CCN(c3nc(C)nc4ncccc34)CC2)n1. The van der Waals surface area contributed by atoms with Crippen LogP contribution in [-0.2, 0) is 6.54 Å². The number of piperazine rings is 1. The van der Waals surface area contributed by atoms with Crippen LogP contribution in [0, 0.1) is 13.8 Å². The summed E-state index contributed by atoms with van der Waals surface area (Å²) in [6, 6.07) is 7.28. The van der Waals surface area contributed by atoms with Gasteiger partial charge in [-0.1, -0.05) is 0 Å². The van der Waals surface area contributed by atoms with Crippen LogP contribution >= 0.6 is 0 Å². The first-order valence-electron chi connectivity index (χ1n) is 9.21. The molecule has 1 aliphatic rings. The van der Waals surface area contributed by atoms with E-state index in [9.17, 15) is 4.79 Å². The second-order valence-electron chi connectivity index (χ2n) is 6.83. The van der Waals surface area contributed by atoms with Gasteiger partial charge in [0.1, 0.15) is 11.6 Å². The molecule has 4 rings (SSSR count). The fraction of sp³-hybridized carbons (Fsp3) is 0.421. The van der Waals surface area contributed by atoms with Crippen molar-refractivity contribution in [3.63, 3.8) is 0 Å². The number of nitrogens with zero attached hydrogens (tertiary/aromatic N) is 7. The molecular weight excluding hydrogens is 342 g/mol. The molecule has 3 aromatic rings.